The number of pyridine rings is 2. The average Bonchev–Trinajstić information content (AvgIpc) is 2.48. The Hall–Kier alpha value is -2.08. The molecule has 0 spiro atoms. The molecule has 2 heterocycles. The fourth-order valence-corrected chi connectivity index (χ4v) is 2.03. The van der Waals surface area contributed by atoms with Gasteiger partial charge in [0.2, 0.25) is 0 Å². The summed E-state index contributed by atoms with van der Waals surface area (Å²) in [6.07, 6.45) is 5.15. The Kier molecular flexibility index (Phi) is 4.95. The van der Waals surface area contributed by atoms with E-state index in [0.717, 1.165) is 5.03 Å². The highest BCUT2D eigenvalue weighted by molar-refractivity contribution is 7.98. The molecule has 0 aliphatic carbocycles. The van der Waals surface area contributed by atoms with E-state index in [1.54, 1.807) is 30.6 Å². The van der Waals surface area contributed by atoms with Crippen LogP contribution in [0.1, 0.15) is 17.4 Å². The van der Waals surface area contributed by atoms with Crippen LogP contribution in [0.2, 0.25) is 0 Å². The summed E-state index contributed by atoms with van der Waals surface area (Å²) in [6.45, 7) is 2.35. The Bertz CT molecular complexity index is 604. The normalized spacial score (nSPS) is 10.1. The molecule has 5 nitrogen and oxygen atoms in total. The standard InChI is InChI=1S/C14H15N3O2S/c1-3-19-11-5-4-7-16-13(11)14(18)17-10-6-8-15-12(9-10)20-2/h4-9H,3H2,1-2H3,(H,15,17,18). The monoisotopic (exact) mass is 289 g/mol. The number of hydrogen-bond acceptors (Lipinski definition) is 5. The zero-order chi connectivity index (χ0) is 14.4. The van der Waals surface area contributed by atoms with E-state index >= 15 is 0 Å². The van der Waals surface area contributed by atoms with E-state index in [0.29, 0.717) is 18.0 Å². The molecule has 0 saturated heterocycles. The van der Waals surface area contributed by atoms with Crippen molar-refractivity contribution >= 4 is 23.4 Å². The summed E-state index contributed by atoms with van der Waals surface area (Å²) >= 11 is 1.51. The lowest BCUT2D eigenvalue weighted by atomic mass is 10.3. The van der Waals surface area contributed by atoms with E-state index in [4.69, 9.17) is 4.74 Å². The van der Waals surface area contributed by atoms with Crippen LogP contribution in [0.3, 0.4) is 0 Å². The van der Waals surface area contributed by atoms with Crippen molar-refractivity contribution < 1.29 is 9.53 Å². The second-order valence-corrected chi connectivity index (χ2v) is 4.65. The quantitative estimate of drug-likeness (QED) is 0.857. The maximum Gasteiger partial charge on any atom is 0.278 e. The van der Waals surface area contributed by atoms with Crippen LogP contribution < -0.4 is 10.1 Å². The molecule has 0 radical (unpaired) electrons. The first kappa shape index (κ1) is 14.3. The molecule has 6 heteroatoms. The highest BCUT2D eigenvalue weighted by Crippen LogP contribution is 2.19. The number of carbonyl (C=O) groups is 1. The van der Waals surface area contributed by atoms with Gasteiger partial charge in [-0.25, -0.2) is 9.97 Å². The minimum atomic E-state index is -0.299. The second-order valence-electron chi connectivity index (χ2n) is 3.82. The lowest BCUT2D eigenvalue weighted by molar-refractivity contribution is 0.101. The number of nitrogens with zero attached hydrogens (tertiary/aromatic N) is 2. The lowest BCUT2D eigenvalue weighted by Crippen LogP contribution is -2.15. The van der Waals surface area contributed by atoms with E-state index in [1.807, 2.05) is 19.2 Å². The van der Waals surface area contributed by atoms with Gasteiger partial charge in [0.15, 0.2) is 11.4 Å². The van der Waals surface area contributed by atoms with Gasteiger partial charge in [-0.3, -0.25) is 4.79 Å². The number of amides is 1. The van der Waals surface area contributed by atoms with Gasteiger partial charge < -0.3 is 10.1 Å². The number of rotatable bonds is 5. The van der Waals surface area contributed by atoms with Crippen molar-refractivity contribution in [1.29, 1.82) is 0 Å². The molecule has 2 rings (SSSR count). The van der Waals surface area contributed by atoms with Crippen molar-refractivity contribution in [2.24, 2.45) is 0 Å². The van der Waals surface area contributed by atoms with E-state index in [1.165, 1.54) is 11.8 Å². The van der Waals surface area contributed by atoms with Gasteiger partial charge in [0.25, 0.3) is 5.91 Å². The van der Waals surface area contributed by atoms with E-state index in [9.17, 15) is 4.79 Å². The maximum atomic E-state index is 12.2. The van der Waals surface area contributed by atoms with Crippen LogP contribution >= 0.6 is 11.8 Å². The number of ether oxygens (including phenoxy) is 1. The SMILES string of the molecule is CCOc1cccnc1C(=O)Nc1ccnc(SC)c1. The fourth-order valence-electron chi connectivity index (χ4n) is 1.62. The molecular formula is C14H15N3O2S. The van der Waals surface area contributed by atoms with Crippen molar-refractivity contribution in [2.45, 2.75) is 11.9 Å². The number of carbonyl (C=O) groups excluding carboxylic acids is 1. The summed E-state index contributed by atoms with van der Waals surface area (Å²) in [7, 11) is 0. The number of thioether (sulfide) groups is 1. The van der Waals surface area contributed by atoms with Crippen molar-refractivity contribution in [1.82, 2.24) is 9.97 Å². The molecule has 0 atom stereocenters. The number of anilines is 1. The summed E-state index contributed by atoms with van der Waals surface area (Å²) in [5.41, 5.74) is 0.958. The highest BCUT2D eigenvalue weighted by Gasteiger charge is 2.14. The molecule has 0 aliphatic heterocycles. The highest BCUT2D eigenvalue weighted by atomic mass is 32.2. The van der Waals surface area contributed by atoms with Crippen molar-refractivity contribution in [3.8, 4) is 5.75 Å². The van der Waals surface area contributed by atoms with Crippen molar-refractivity contribution in [2.75, 3.05) is 18.2 Å². The molecule has 2 aromatic rings. The number of hydrogen-bond donors (Lipinski definition) is 1. The largest absolute Gasteiger partial charge is 0.491 e. The van der Waals surface area contributed by atoms with Gasteiger partial charge in [-0.15, -0.1) is 11.8 Å². The first-order chi connectivity index (χ1) is 9.74. The zero-order valence-corrected chi connectivity index (χ0v) is 12.1. The second kappa shape index (κ2) is 6.91. The minimum absolute atomic E-state index is 0.275. The molecule has 0 aliphatic rings. The van der Waals surface area contributed by atoms with Gasteiger partial charge in [-0.05, 0) is 37.4 Å². The van der Waals surface area contributed by atoms with Crippen LogP contribution in [0.15, 0.2) is 41.7 Å². The van der Waals surface area contributed by atoms with Crippen LogP contribution in [0.5, 0.6) is 5.75 Å². The van der Waals surface area contributed by atoms with Crippen LogP contribution in [0.25, 0.3) is 0 Å². The van der Waals surface area contributed by atoms with Gasteiger partial charge in [0.05, 0.1) is 11.6 Å². The summed E-state index contributed by atoms with van der Waals surface area (Å²) in [5.74, 6) is 0.180. The molecule has 2 aromatic heterocycles. The molecule has 0 saturated carbocycles. The van der Waals surface area contributed by atoms with Gasteiger partial charge >= 0.3 is 0 Å². The van der Waals surface area contributed by atoms with Gasteiger partial charge in [-0.2, -0.15) is 0 Å². The third-order valence-electron chi connectivity index (χ3n) is 2.49. The Morgan fingerprint density at radius 3 is 2.95 bits per heavy atom. The molecule has 104 valence electrons. The van der Waals surface area contributed by atoms with Crippen LogP contribution in [-0.4, -0.2) is 28.7 Å². The van der Waals surface area contributed by atoms with Crippen molar-refractivity contribution in [3.63, 3.8) is 0 Å². The van der Waals surface area contributed by atoms with Gasteiger partial charge in [-0.1, -0.05) is 0 Å². The van der Waals surface area contributed by atoms with Gasteiger partial charge in [0.1, 0.15) is 0 Å². The predicted octanol–water partition coefficient (Wildman–Crippen LogP) is 2.85. The third kappa shape index (κ3) is 3.48. The Morgan fingerprint density at radius 1 is 1.35 bits per heavy atom. The number of aromatic nitrogens is 2. The summed E-state index contributed by atoms with van der Waals surface area (Å²) < 4.78 is 5.40. The number of nitrogens with one attached hydrogen (secondary N) is 1. The van der Waals surface area contributed by atoms with E-state index < -0.39 is 0 Å². The molecule has 0 unspecified atom stereocenters. The predicted molar refractivity (Wildman–Crippen MR) is 79.4 cm³/mol. The first-order valence-electron chi connectivity index (χ1n) is 6.13. The maximum absolute atomic E-state index is 12.2. The Balaban J connectivity index is 2.19. The molecule has 1 N–H and O–H groups in total. The fraction of sp³-hybridized carbons (Fsp3) is 0.214. The third-order valence-corrected chi connectivity index (χ3v) is 3.13. The summed E-state index contributed by atoms with van der Waals surface area (Å²) in [4.78, 5) is 20.5. The van der Waals surface area contributed by atoms with Crippen molar-refractivity contribution in [3.05, 3.63) is 42.4 Å². The summed E-state index contributed by atoms with van der Waals surface area (Å²) in [6, 6.07) is 7.01. The van der Waals surface area contributed by atoms with Crippen LogP contribution in [0, 0.1) is 0 Å². The summed E-state index contributed by atoms with van der Waals surface area (Å²) in [5, 5.41) is 3.64. The molecule has 0 bridgehead atoms. The first-order valence-corrected chi connectivity index (χ1v) is 7.36. The molecule has 0 aromatic carbocycles. The zero-order valence-electron chi connectivity index (χ0n) is 11.3. The molecule has 0 fully saturated rings. The van der Waals surface area contributed by atoms with Crippen LogP contribution in [0.4, 0.5) is 5.69 Å². The van der Waals surface area contributed by atoms with E-state index in [-0.39, 0.29) is 11.6 Å². The lowest BCUT2D eigenvalue weighted by Gasteiger charge is -2.09. The topological polar surface area (TPSA) is 64.1 Å². The molecular weight excluding hydrogens is 274 g/mol. The van der Waals surface area contributed by atoms with Crippen LogP contribution in [-0.2, 0) is 0 Å². The minimum Gasteiger partial charge on any atom is -0.491 e. The molecule has 20 heavy (non-hydrogen) atoms. The Labute approximate surface area is 121 Å². The average molecular weight is 289 g/mol. The van der Waals surface area contributed by atoms with E-state index in [2.05, 4.69) is 15.3 Å². The Morgan fingerprint density at radius 2 is 2.20 bits per heavy atom. The van der Waals surface area contributed by atoms with Gasteiger partial charge in [0, 0.05) is 18.1 Å². The molecule has 1 amide bonds. The smallest absolute Gasteiger partial charge is 0.278 e.